The predicted molar refractivity (Wildman–Crippen MR) is 86.9 cm³/mol. The van der Waals surface area contributed by atoms with E-state index in [0.29, 0.717) is 17.7 Å². The number of nitrogens with one attached hydrogen (secondary N) is 1. The first-order valence-electron chi connectivity index (χ1n) is 7.40. The Labute approximate surface area is 134 Å². The molecule has 2 aromatic rings. The third-order valence-electron chi connectivity index (χ3n) is 3.06. The highest BCUT2D eigenvalue weighted by Gasteiger charge is 2.10. The fourth-order valence-electron chi connectivity index (χ4n) is 1.85. The van der Waals surface area contributed by atoms with Crippen LogP contribution in [0.5, 0.6) is 0 Å². The van der Waals surface area contributed by atoms with E-state index in [-0.39, 0.29) is 11.7 Å². The Balaban J connectivity index is 1.61. The van der Waals surface area contributed by atoms with Crippen LogP contribution >= 0.6 is 11.8 Å². The minimum absolute atomic E-state index is 0.228. The zero-order valence-electron chi connectivity index (χ0n) is 12.9. The summed E-state index contributed by atoms with van der Waals surface area (Å²) in [6, 6.07) is 10.2. The van der Waals surface area contributed by atoms with Gasteiger partial charge in [0, 0.05) is 5.92 Å². The second-order valence-corrected chi connectivity index (χ2v) is 6.20. The first-order chi connectivity index (χ1) is 10.6. The number of nitrogens with zero attached hydrogens (tertiary/aromatic N) is 2. The molecule has 0 bridgehead atoms. The van der Waals surface area contributed by atoms with Crippen molar-refractivity contribution in [2.24, 2.45) is 0 Å². The van der Waals surface area contributed by atoms with Gasteiger partial charge >= 0.3 is 5.97 Å². The summed E-state index contributed by atoms with van der Waals surface area (Å²) in [5.41, 5.74) is 1.26. The summed E-state index contributed by atoms with van der Waals surface area (Å²) in [7, 11) is 0. The highest BCUT2D eigenvalue weighted by atomic mass is 32.2. The number of hydrogen-bond donors (Lipinski definition) is 1. The summed E-state index contributed by atoms with van der Waals surface area (Å²) >= 11 is 1.29. The molecule has 1 N–H and O–H groups in total. The maximum atomic E-state index is 11.7. The van der Waals surface area contributed by atoms with Gasteiger partial charge in [0.25, 0.3) is 0 Å². The molecule has 0 saturated carbocycles. The molecule has 5 nitrogen and oxygen atoms in total. The summed E-state index contributed by atoms with van der Waals surface area (Å²) < 4.78 is 5.21. The summed E-state index contributed by atoms with van der Waals surface area (Å²) in [4.78, 5) is 16.0. The van der Waals surface area contributed by atoms with E-state index in [1.807, 2.05) is 32.0 Å². The monoisotopic (exact) mass is 319 g/mol. The van der Waals surface area contributed by atoms with Gasteiger partial charge in [-0.15, -0.1) is 5.10 Å². The Hall–Kier alpha value is -1.82. The molecule has 0 aliphatic rings. The molecule has 0 saturated heterocycles. The lowest BCUT2D eigenvalue weighted by molar-refractivity contribution is -0.140. The summed E-state index contributed by atoms with van der Waals surface area (Å²) in [6.07, 6.45) is 1.75. The number of esters is 1. The molecule has 0 radical (unpaired) electrons. The molecular weight excluding hydrogens is 298 g/mol. The molecule has 0 spiro atoms. The molecule has 1 aromatic carbocycles. The number of rotatable bonds is 8. The summed E-state index contributed by atoms with van der Waals surface area (Å²) in [6.45, 7) is 4.52. The van der Waals surface area contributed by atoms with Crippen LogP contribution in [-0.2, 0) is 16.0 Å². The maximum absolute atomic E-state index is 11.7. The molecule has 6 heteroatoms. The van der Waals surface area contributed by atoms with Gasteiger partial charge in [-0.2, -0.15) is 0 Å². The highest BCUT2D eigenvalue weighted by molar-refractivity contribution is 7.99. The van der Waals surface area contributed by atoms with Crippen molar-refractivity contribution in [3.63, 3.8) is 0 Å². The van der Waals surface area contributed by atoms with Gasteiger partial charge in [-0.1, -0.05) is 55.9 Å². The number of aromatic nitrogens is 3. The minimum Gasteiger partial charge on any atom is -0.465 e. The van der Waals surface area contributed by atoms with Crippen molar-refractivity contribution in [3.8, 4) is 0 Å². The van der Waals surface area contributed by atoms with Gasteiger partial charge < -0.3 is 4.74 Å². The predicted octanol–water partition coefficient (Wildman–Crippen LogP) is 3.20. The van der Waals surface area contributed by atoms with Crippen LogP contribution in [0.15, 0.2) is 35.5 Å². The Morgan fingerprint density at radius 3 is 2.77 bits per heavy atom. The van der Waals surface area contributed by atoms with Crippen LogP contribution in [0.25, 0.3) is 0 Å². The van der Waals surface area contributed by atoms with E-state index in [9.17, 15) is 4.79 Å². The number of carbonyl (C=O) groups excluding carboxylic acids is 1. The molecule has 2 rings (SSSR count). The third-order valence-corrected chi connectivity index (χ3v) is 3.88. The van der Waals surface area contributed by atoms with Crippen molar-refractivity contribution in [1.29, 1.82) is 0 Å². The molecule has 0 aliphatic carbocycles. The van der Waals surface area contributed by atoms with Crippen LogP contribution in [0.1, 0.15) is 37.6 Å². The Bertz CT molecular complexity index is 584. The van der Waals surface area contributed by atoms with Crippen LogP contribution in [0, 0.1) is 0 Å². The number of aromatic amines is 1. The zero-order chi connectivity index (χ0) is 15.8. The van der Waals surface area contributed by atoms with Gasteiger partial charge in [0.05, 0.1) is 12.4 Å². The molecule has 1 heterocycles. The number of aryl methyl sites for hydroxylation is 1. The SMILES string of the molecule is CC(C)c1nc(SCC(=O)OCCCc2ccccc2)n[nH]1. The van der Waals surface area contributed by atoms with Gasteiger partial charge in [0.1, 0.15) is 5.82 Å². The van der Waals surface area contributed by atoms with E-state index in [2.05, 4.69) is 27.3 Å². The van der Waals surface area contributed by atoms with Crippen molar-refractivity contribution in [2.75, 3.05) is 12.4 Å². The molecule has 0 aliphatic heterocycles. The van der Waals surface area contributed by atoms with Gasteiger partial charge in [-0.25, -0.2) is 4.98 Å². The zero-order valence-corrected chi connectivity index (χ0v) is 13.7. The van der Waals surface area contributed by atoms with Crippen LogP contribution in [0.2, 0.25) is 0 Å². The molecule has 0 unspecified atom stereocenters. The second kappa shape index (κ2) is 8.58. The molecule has 0 fully saturated rings. The van der Waals surface area contributed by atoms with E-state index in [0.717, 1.165) is 18.7 Å². The highest BCUT2D eigenvalue weighted by Crippen LogP contribution is 2.16. The minimum atomic E-state index is -0.228. The lowest BCUT2D eigenvalue weighted by atomic mass is 10.1. The van der Waals surface area contributed by atoms with Crippen molar-refractivity contribution in [2.45, 2.75) is 37.8 Å². The molecule has 0 amide bonds. The molecular formula is C16H21N3O2S. The van der Waals surface area contributed by atoms with Gasteiger partial charge in [-0.05, 0) is 18.4 Å². The molecule has 0 atom stereocenters. The van der Waals surface area contributed by atoms with Gasteiger partial charge in [-0.3, -0.25) is 9.89 Å². The normalized spacial score (nSPS) is 10.9. The average Bonchev–Trinajstić information content (AvgIpc) is 3.00. The van der Waals surface area contributed by atoms with E-state index in [1.165, 1.54) is 17.3 Å². The number of carbonyl (C=O) groups is 1. The average molecular weight is 319 g/mol. The van der Waals surface area contributed by atoms with Crippen LogP contribution in [0.4, 0.5) is 0 Å². The number of H-pyrrole nitrogens is 1. The summed E-state index contributed by atoms with van der Waals surface area (Å²) in [5, 5.41) is 7.52. The van der Waals surface area contributed by atoms with Crippen molar-refractivity contribution in [1.82, 2.24) is 15.2 Å². The van der Waals surface area contributed by atoms with Gasteiger partial charge in [0.15, 0.2) is 0 Å². The Morgan fingerprint density at radius 2 is 2.09 bits per heavy atom. The topological polar surface area (TPSA) is 67.9 Å². The van der Waals surface area contributed by atoms with Crippen molar-refractivity contribution < 1.29 is 9.53 Å². The smallest absolute Gasteiger partial charge is 0.316 e. The van der Waals surface area contributed by atoms with E-state index in [1.54, 1.807) is 0 Å². The second-order valence-electron chi connectivity index (χ2n) is 5.26. The number of hydrogen-bond acceptors (Lipinski definition) is 5. The molecule has 118 valence electrons. The van der Waals surface area contributed by atoms with E-state index < -0.39 is 0 Å². The maximum Gasteiger partial charge on any atom is 0.316 e. The number of thioether (sulfide) groups is 1. The van der Waals surface area contributed by atoms with Crippen molar-refractivity contribution in [3.05, 3.63) is 41.7 Å². The standard InChI is InChI=1S/C16H21N3O2S/c1-12(2)15-17-16(19-18-15)22-11-14(20)21-10-6-9-13-7-4-3-5-8-13/h3-5,7-8,12H,6,9-11H2,1-2H3,(H,17,18,19). The molecule has 22 heavy (non-hydrogen) atoms. The lowest BCUT2D eigenvalue weighted by Gasteiger charge is -2.04. The molecule has 1 aromatic heterocycles. The van der Waals surface area contributed by atoms with Crippen LogP contribution in [0.3, 0.4) is 0 Å². The van der Waals surface area contributed by atoms with Crippen LogP contribution < -0.4 is 0 Å². The van der Waals surface area contributed by atoms with Crippen LogP contribution in [-0.4, -0.2) is 33.5 Å². The first kappa shape index (κ1) is 16.5. The quantitative estimate of drug-likeness (QED) is 0.460. The Kier molecular flexibility index (Phi) is 6.45. The van der Waals surface area contributed by atoms with E-state index >= 15 is 0 Å². The number of ether oxygens (including phenoxy) is 1. The largest absolute Gasteiger partial charge is 0.465 e. The van der Waals surface area contributed by atoms with Crippen molar-refractivity contribution >= 4 is 17.7 Å². The number of benzene rings is 1. The fourth-order valence-corrected chi connectivity index (χ4v) is 2.46. The van der Waals surface area contributed by atoms with E-state index in [4.69, 9.17) is 4.74 Å². The lowest BCUT2D eigenvalue weighted by Crippen LogP contribution is -2.09. The first-order valence-corrected chi connectivity index (χ1v) is 8.38. The summed E-state index contributed by atoms with van der Waals surface area (Å²) in [5.74, 6) is 1.14. The Morgan fingerprint density at radius 1 is 1.32 bits per heavy atom. The fraction of sp³-hybridized carbons (Fsp3) is 0.438. The van der Waals surface area contributed by atoms with Gasteiger partial charge in [0.2, 0.25) is 5.16 Å². The third kappa shape index (κ3) is 5.52.